The first-order valence-corrected chi connectivity index (χ1v) is 5.76. The summed E-state index contributed by atoms with van der Waals surface area (Å²) in [5.41, 5.74) is 0.707. The summed E-state index contributed by atoms with van der Waals surface area (Å²) < 4.78 is 0. The normalized spacial score (nSPS) is 12.4. The Labute approximate surface area is 111 Å². The molecule has 0 aliphatic heterocycles. The molecule has 1 aromatic rings. The number of nitro benzene ring substituents is 1. The fraction of sp³-hybridized carbons (Fsp3) is 0.308. The second-order valence-electron chi connectivity index (χ2n) is 4.25. The molecule has 0 bridgehead atoms. The van der Waals surface area contributed by atoms with Crippen molar-refractivity contribution in [1.82, 2.24) is 4.90 Å². The minimum atomic E-state index is -0.582. The van der Waals surface area contributed by atoms with Crippen LogP contribution in [0.15, 0.2) is 30.3 Å². The highest BCUT2D eigenvalue weighted by molar-refractivity contribution is 5.91. The monoisotopic (exact) mass is 264 g/mol. The molecule has 0 radical (unpaired) electrons. The number of benzene rings is 1. The average Bonchev–Trinajstić information content (AvgIpc) is 2.35. The van der Waals surface area contributed by atoms with Gasteiger partial charge in [0.25, 0.3) is 5.69 Å². The van der Waals surface area contributed by atoms with Gasteiger partial charge in [0.2, 0.25) is 5.91 Å². The van der Waals surface area contributed by atoms with Crippen LogP contribution in [0.1, 0.15) is 12.5 Å². The molecule has 6 heteroatoms. The van der Waals surface area contributed by atoms with E-state index in [9.17, 15) is 14.9 Å². The zero-order valence-electron chi connectivity index (χ0n) is 10.8. The quantitative estimate of drug-likeness (QED) is 0.495. The summed E-state index contributed by atoms with van der Waals surface area (Å²) in [6.45, 7) is 1.85. The van der Waals surface area contributed by atoms with E-state index in [0.717, 1.165) is 0 Å². The van der Waals surface area contributed by atoms with Crippen LogP contribution in [0.25, 0.3) is 6.08 Å². The standard InChI is InChI=1S/C13H16N2O4/c1-10(16)9-14(2)13(17)8-5-11-3-6-12(7-4-11)15(18)19/h3-8,10,16H,9H2,1-2H3. The number of amides is 1. The Hall–Kier alpha value is -2.21. The maximum absolute atomic E-state index is 11.6. The van der Waals surface area contributed by atoms with Crippen molar-refractivity contribution in [3.05, 3.63) is 46.0 Å². The molecule has 102 valence electrons. The van der Waals surface area contributed by atoms with Gasteiger partial charge in [-0.1, -0.05) is 0 Å². The van der Waals surface area contributed by atoms with E-state index < -0.39 is 11.0 Å². The van der Waals surface area contributed by atoms with Gasteiger partial charge in [0.1, 0.15) is 0 Å². The zero-order chi connectivity index (χ0) is 14.4. The first kappa shape index (κ1) is 14.8. The van der Waals surface area contributed by atoms with Gasteiger partial charge in [-0.05, 0) is 30.7 Å². The lowest BCUT2D eigenvalue weighted by Crippen LogP contribution is -2.31. The summed E-state index contributed by atoms with van der Waals surface area (Å²) >= 11 is 0. The highest BCUT2D eigenvalue weighted by atomic mass is 16.6. The number of carbonyl (C=O) groups is 1. The van der Waals surface area contributed by atoms with Gasteiger partial charge in [-0.15, -0.1) is 0 Å². The lowest BCUT2D eigenvalue weighted by atomic mass is 10.2. The van der Waals surface area contributed by atoms with Gasteiger partial charge in [-0.2, -0.15) is 0 Å². The van der Waals surface area contributed by atoms with Crippen LogP contribution in [0.2, 0.25) is 0 Å². The van der Waals surface area contributed by atoms with Crippen molar-refractivity contribution in [2.24, 2.45) is 0 Å². The van der Waals surface area contributed by atoms with Gasteiger partial charge in [0.15, 0.2) is 0 Å². The molecule has 1 amide bonds. The van der Waals surface area contributed by atoms with Crippen molar-refractivity contribution in [2.45, 2.75) is 13.0 Å². The first-order valence-electron chi connectivity index (χ1n) is 5.76. The summed E-state index contributed by atoms with van der Waals surface area (Å²) in [5, 5.41) is 19.6. The van der Waals surface area contributed by atoms with E-state index in [1.807, 2.05) is 0 Å². The average molecular weight is 264 g/mol. The highest BCUT2D eigenvalue weighted by Crippen LogP contribution is 2.12. The van der Waals surface area contributed by atoms with Gasteiger partial charge in [-0.25, -0.2) is 0 Å². The predicted octanol–water partition coefficient (Wildman–Crippen LogP) is 1.45. The second kappa shape index (κ2) is 6.65. The summed E-state index contributed by atoms with van der Waals surface area (Å²) in [4.78, 5) is 23.0. The summed E-state index contributed by atoms with van der Waals surface area (Å²) in [6, 6.07) is 5.89. The number of rotatable bonds is 5. The van der Waals surface area contributed by atoms with Crippen LogP contribution in [0.5, 0.6) is 0 Å². The Bertz CT molecular complexity index is 480. The maximum atomic E-state index is 11.6. The number of nitrogens with zero attached hydrogens (tertiary/aromatic N) is 2. The molecular formula is C13H16N2O4. The molecule has 6 nitrogen and oxygen atoms in total. The Kier molecular flexibility index (Phi) is 5.20. The second-order valence-corrected chi connectivity index (χ2v) is 4.25. The minimum absolute atomic E-state index is 0.00898. The number of hydrogen-bond acceptors (Lipinski definition) is 4. The molecule has 1 N–H and O–H groups in total. The SMILES string of the molecule is CC(O)CN(C)C(=O)C=Cc1ccc([N+](=O)[O-])cc1. The molecule has 0 saturated heterocycles. The molecule has 0 saturated carbocycles. The largest absolute Gasteiger partial charge is 0.392 e. The van der Waals surface area contributed by atoms with Crippen LogP contribution >= 0.6 is 0 Å². The van der Waals surface area contributed by atoms with Crippen molar-refractivity contribution in [3.8, 4) is 0 Å². The summed E-state index contributed by atoms with van der Waals surface area (Å²) in [7, 11) is 1.59. The van der Waals surface area contributed by atoms with Crippen LogP contribution < -0.4 is 0 Å². The molecule has 1 aromatic carbocycles. The molecule has 1 unspecified atom stereocenters. The fourth-order valence-electron chi connectivity index (χ4n) is 1.49. The minimum Gasteiger partial charge on any atom is -0.392 e. The van der Waals surface area contributed by atoms with Crippen LogP contribution in [-0.2, 0) is 4.79 Å². The molecule has 0 aromatic heterocycles. The van der Waals surface area contributed by atoms with Gasteiger partial charge >= 0.3 is 0 Å². The Morgan fingerprint density at radius 1 is 1.47 bits per heavy atom. The molecule has 19 heavy (non-hydrogen) atoms. The number of aliphatic hydroxyl groups is 1. The fourth-order valence-corrected chi connectivity index (χ4v) is 1.49. The number of carbonyl (C=O) groups excluding carboxylic acids is 1. The van der Waals surface area contributed by atoms with E-state index in [1.165, 1.54) is 23.1 Å². The van der Waals surface area contributed by atoms with E-state index in [-0.39, 0.29) is 18.1 Å². The summed E-state index contributed by atoms with van der Waals surface area (Å²) in [5.74, 6) is -0.237. The number of likely N-dealkylation sites (N-methyl/N-ethyl adjacent to an activating group) is 1. The molecule has 0 heterocycles. The topological polar surface area (TPSA) is 83.7 Å². The smallest absolute Gasteiger partial charge is 0.269 e. The van der Waals surface area contributed by atoms with E-state index >= 15 is 0 Å². The van der Waals surface area contributed by atoms with Gasteiger partial charge in [-0.3, -0.25) is 14.9 Å². The van der Waals surface area contributed by atoms with E-state index in [0.29, 0.717) is 5.56 Å². The highest BCUT2D eigenvalue weighted by Gasteiger charge is 2.07. The zero-order valence-corrected chi connectivity index (χ0v) is 10.8. The van der Waals surface area contributed by atoms with Gasteiger partial charge in [0.05, 0.1) is 11.0 Å². The lowest BCUT2D eigenvalue weighted by molar-refractivity contribution is -0.384. The number of nitro groups is 1. The van der Waals surface area contributed by atoms with Crippen LogP contribution in [0, 0.1) is 10.1 Å². The van der Waals surface area contributed by atoms with Crippen molar-refractivity contribution >= 4 is 17.7 Å². The van der Waals surface area contributed by atoms with Crippen molar-refractivity contribution < 1.29 is 14.8 Å². The first-order chi connectivity index (χ1) is 8.90. The third-order valence-corrected chi connectivity index (χ3v) is 2.44. The van der Waals surface area contributed by atoms with Crippen molar-refractivity contribution in [2.75, 3.05) is 13.6 Å². The molecule has 1 rings (SSSR count). The molecule has 0 aliphatic rings. The van der Waals surface area contributed by atoms with Crippen LogP contribution in [-0.4, -0.2) is 40.5 Å². The number of hydrogen-bond donors (Lipinski definition) is 1. The Morgan fingerprint density at radius 2 is 2.05 bits per heavy atom. The summed E-state index contributed by atoms with van der Waals surface area (Å²) in [6.07, 6.45) is 2.36. The van der Waals surface area contributed by atoms with E-state index in [1.54, 1.807) is 32.2 Å². The Balaban J connectivity index is 2.65. The third-order valence-electron chi connectivity index (χ3n) is 2.44. The lowest BCUT2D eigenvalue weighted by Gasteiger charge is -2.16. The molecule has 0 fully saturated rings. The molecule has 1 atom stereocenters. The van der Waals surface area contributed by atoms with Crippen molar-refractivity contribution in [1.29, 1.82) is 0 Å². The van der Waals surface area contributed by atoms with E-state index in [4.69, 9.17) is 5.11 Å². The van der Waals surface area contributed by atoms with Gasteiger partial charge in [0, 0.05) is 31.8 Å². The third kappa shape index (κ3) is 4.89. The van der Waals surface area contributed by atoms with E-state index in [2.05, 4.69) is 0 Å². The molecule has 0 aliphatic carbocycles. The predicted molar refractivity (Wildman–Crippen MR) is 71.4 cm³/mol. The van der Waals surface area contributed by atoms with Crippen LogP contribution in [0.3, 0.4) is 0 Å². The molecular weight excluding hydrogens is 248 g/mol. The van der Waals surface area contributed by atoms with Crippen molar-refractivity contribution in [3.63, 3.8) is 0 Å². The molecule has 0 spiro atoms. The van der Waals surface area contributed by atoms with Gasteiger partial charge < -0.3 is 10.0 Å². The number of non-ortho nitro benzene ring substituents is 1. The Morgan fingerprint density at radius 3 is 2.53 bits per heavy atom. The van der Waals surface area contributed by atoms with Crippen LogP contribution in [0.4, 0.5) is 5.69 Å². The number of aliphatic hydroxyl groups excluding tert-OH is 1. The maximum Gasteiger partial charge on any atom is 0.269 e.